The first-order valence-corrected chi connectivity index (χ1v) is 10.9. The summed E-state index contributed by atoms with van der Waals surface area (Å²) in [7, 11) is 1.40. The number of anilines is 1. The molecule has 2 N–H and O–H groups in total. The Bertz CT molecular complexity index is 1590. The Morgan fingerprint density at radius 1 is 1.06 bits per heavy atom. The van der Waals surface area contributed by atoms with Crippen LogP contribution in [0.15, 0.2) is 76.4 Å². The number of benzene rings is 3. The molecule has 7 nitrogen and oxygen atoms in total. The number of aliphatic hydroxyl groups is 1. The summed E-state index contributed by atoms with van der Waals surface area (Å²) >= 11 is 6.10. The second kappa shape index (κ2) is 8.69. The van der Waals surface area contributed by atoms with E-state index in [1.165, 1.54) is 43.5 Å². The van der Waals surface area contributed by atoms with Gasteiger partial charge in [-0.25, -0.2) is 8.78 Å². The number of amides is 1. The number of aliphatic hydroxyl groups excluding tert-OH is 1. The monoisotopic (exact) mass is 511 g/mol. The van der Waals surface area contributed by atoms with Gasteiger partial charge in [-0.15, -0.1) is 0 Å². The predicted octanol–water partition coefficient (Wildman–Crippen LogP) is 5.86. The second-order valence-electron chi connectivity index (χ2n) is 8.00. The molecule has 36 heavy (non-hydrogen) atoms. The summed E-state index contributed by atoms with van der Waals surface area (Å²) in [6.07, 6.45) is 0. The largest absolute Gasteiger partial charge is 0.508 e. The number of hydrogen-bond acceptors (Lipinski definition) is 6. The van der Waals surface area contributed by atoms with Gasteiger partial charge >= 0.3 is 0 Å². The van der Waals surface area contributed by atoms with Gasteiger partial charge in [-0.1, -0.05) is 23.7 Å². The van der Waals surface area contributed by atoms with Crippen molar-refractivity contribution in [2.75, 3.05) is 12.0 Å². The Kier molecular flexibility index (Phi) is 5.64. The molecular weight excluding hydrogens is 496 g/mol. The SMILES string of the molecule is COc1cc(Cl)cc2cc(C(=O)C3=C(O)C(=O)N(c4ccc(F)c(F)c4)C3c3cccc(O)c3)oc12. The number of ether oxygens (including phenoxy) is 1. The first-order valence-electron chi connectivity index (χ1n) is 10.5. The first kappa shape index (κ1) is 23.4. The van der Waals surface area contributed by atoms with E-state index in [1.54, 1.807) is 6.07 Å². The maximum absolute atomic E-state index is 14.1. The number of carbonyl (C=O) groups is 2. The smallest absolute Gasteiger partial charge is 0.294 e. The summed E-state index contributed by atoms with van der Waals surface area (Å²) in [6, 6.07) is 11.5. The van der Waals surface area contributed by atoms with E-state index in [2.05, 4.69) is 0 Å². The van der Waals surface area contributed by atoms with Gasteiger partial charge in [0.05, 0.1) is 18.7 Å². The van der Waals surface area contributed by atoms with Crippen molar-refractivity contribution in [1.29, 1.82) is 0 Å². The Balaban J connectivity index is 1.68. The molecule has 0 aliphatic carbocycles. The van der Waals surface area contributed by atoms with Gasteiger partial charge in [0.25, 0.3) is 5.91 Å². The molecule has 1 atom stereocenters. The van der Waals surface area contributed by atoms with Gasteiger partial charge < -0.3 is 19.4 Å². The van der Waals surface area contributed by atoms with Crippen LogP contribution in [0.5, 0.6) is 11.5 Å². The Morgan fingerprint density at radius 2 is 1.83 bits per heavy atom. The number of furan rings is 1. The summed E-state index contributed by atoms with van der Waals surface area (Å²) in [5.74, 6) is -5.25. The molecule has 0 bridgehead atoms. The fourth-order valence-electron chi connectivity index (χ4n) is 4.23. The number of methoxy groups -OCH3 is 1. The standard InChI is InChI=1S/C26H16ClF2NO6/c1-35-20-10-14(27)7-13-9-19(36-25(13)20)23(32)21-22(12-3-2-4-16(31)8-12)30(26(34)24(21)33)15-5-6-17(28)18(29)11-15/h2-11,22,31,33H,1H3. The average Bonchev–Trinajstić information content (AvgIpc) is 3.39. The van der Waals surface area contributed by atoms with E-state index in [0.717, 1.165) is 23.1 Å². The number of phenolic OH excluding ortho intramolecular Hbond substituents is 1. The van der Waals surface area contributed by atoms with E-state index in [0.29, 0.717) is 10.4 Å². The molecule has 1 unspecified atom stereocenters. The zero-order valence-electron chi connectivity index (χ0n) is 18.5. The van der Waals surface area contributed by atoms with Crippen molar-refractivity contribution in [2.45, 2.75) is 6.04 Å². The van der Waals surface area contributed by atoms with Crippen LogP contribution in [-0.2, 0) is 4.79 Å². The molecule has 10 heteroatoms. The first-order chi connectivity index (χ1) is 17.2. The minimum atomic E-state index is -1.29. The minimum Gasteiger partial charge on any atom is -0.508 e. The zero-order chi connectivity index (χ0) is 25.7. The number of hydrogen-bond donors (Lipinski definition) is 2. The third kappa shape index (κ3) is 3.74. The lowest BCUT2D eigenvalue weighted by Crippen LogP contribution is -2.31. The maximum atomic E-state index is 14.1. The lowest BCUT2D eigenvalue weighted by atomic mass is 9.94. The molecule has 0 saturated carbocycles. The number of carbonyl (C=O) groups excluding carboxylic acids is 2. The number of halogens is 3. The molecule has 5 rings (SSSR count). The summed E-state index contributed by atoms with van der Waals surface area (Å²) in [4.78, 5) is 27.8. The van der Waals surface area contributed by atoms with Gasteiger partial charge in [-0.05, 0) is 42.0 Å². The number of nitrogens with zero attached hydrogens (tertiary/aromatic N) is 1. The van der Waals surface area contributed by atoms with Crippen molar-refractivity contribution in [3.8, 4) is 11.5 Å². The van der Waals surface area contributed by atoms with Crippen molar-refractivity contribution in [3.05, 3.63) is 100.0 Å². The van der Waals surface area contributed by atoms with Crippen LogP contribution in [0.4, 0.5) is 14.5 Å². The topological polar surface area (TPSA) is 100 Å². The van der Waals surface area contributed by atoms with E-state index >= 15 is 0 Å². The summed E-state index contributed by atoms with van der Waals surface area (Å²) in [5.41, 5.74) is -0.0302. The number of rotatable bonds is 5. The van der Waals surface area contributed by atoms with Gasteiger partial charge in [0, 0.05) is 28.2 Å². The fourth-order valence-corrected chi connectivity index (χ4v) is 4.45. The molecule has 3 aromatic carbocycles. The van der Waals surface area contributed by atoms with Crippen LogP contribution in [0.25, 0.3) is 11.0 Å². The zero-order valence-corrected chi connectivity index (χ0v) is 19.2. The van der Waals surface area contributed by atoms with Crippen LogP contribution in [0.1, 0.15) is 22.2 Å². The lowest BCUT2D eigenvalue weighted by molar-refractivity contribution is -0.117. The van der Waals surface area contributed by atoms with Crippen molar-refractivity contribution in [2.24, 2.45) is 0 Å². The minimum absolute atomic E-state index is 0.111. The molecule has 1 aromatic heterocycles. The number of Topliss-reactive ketones (excluding diaryl/α,β-unsaturated/α-hetero) is 1. The third-order valence-electron chi connectivity index (χ3n) is 5.81. The number of ketones is 1. The average molecular weight is 512 g/mol. The van der Waals surface area contributed by atoms with E-state index < -0.39 is 35.1 Å². The Morgan fingerprint density at radius 3 is 2.53 bits per heavy atom. The molecule has 1 aliphatic heterocycles. The van der Waals surface area contributed by atoms with Crippen LogP contribution in [0, 0.1) is 11.6 Å². The Labute approximate surface area is 207 Å². The predicted molar refractivity (Wildman–Crippen MR) is 126 cm³/mol. The molecule has 1 amide bonds. The van der Waals surface area contributed by atoms with Gasteiger partial charge in [0.1, 0.15) is 5.75 Å². The van der Waals surface area contributed by atoms with Gasteiger partial charge in [-0.3, -0.25) is 14.5 Å². The van der Waals surface area contributed by atoms with E-state index in [4.69, 9.17) is 20.8 Å². The number of fused-ring (bicyclic) bond motifs is 1. The molecule has 0 saturated heterocycles. The van der Waals surface area contributed by atoms with Crippen LogP contribution in [0.3, 0.4) is 0 Å². The van der Waals surface area contributed by atoms with Crippen LogP contribution < -0.4 is 9.64 Å². The molecule has 182 valence electrons. The highest BCUT2D eigenvalue weighted by Crippen LogP contribution is 2.43. The van der Waals surface area contributed by atoms with E-state index in [-0.39, 0.29) is 39.7 Å². The summed E-state index contributed by atoms with van der Waals surface area (Å²) in [5, 5.41) is 21.6. The number of phenols is 1. The molecular formula is C26H16ClF2NO6. The van der Waals surface area contributed by atoms with Gasteiger partial charge in [-0.2, -0.15) is 0 Å². The van der Waals surface area contributed by atoms with Gasteiger partial charge in [0.2, 0.25) is 5.78 Å². The molecule has 0 fully saturated rings. The van der Waals surface area contributed by atoms with Gasteiger partial charge in [0.15, 0.2) is 34.5 Å². The molecule has 4 aromatic rings. The van der Waals surface area contributed by atoms with E-state index in [9.17, 15) is 28.6 Å². The second-order valence-corrected chi connectivity index (χ2v) is 8.44. The quantitative estimate of drug-likeness (QED) is 0.325. The maximum Gasteiger partial charge on any atom is 0.294 e. The lowest BCUT2D eigenvalue weighted by Gasteiger charge is -2.27. The molecule has 1 aliphatic rings. The Hall–Kier alpha value is -4.37. The third-order valence-corrected chi connectivity index (χ3v) is 6.03. The summed E-state index contributed by atoms with van der Waals surface area (Å²) in [6.45, 7) is 0. The fraction of sp³-hybridized carbons (Fsp3) is 0.0769. The van der Waals surface area contributed by atoms with Crippen molar-refractivity contribution >= 4 is 39.9 Å². The number of aromatic hydroxyl groups is 1. The van der Waals surface area contributed by atoms with Crippen LogP contribution >= 0.6 is 11.6 Å². The molecule has 0 radical (unpaired) electrons. The van der Waals surface area contributed by atoms with Crippen molar-refractivity contribution in [3.63, 3.8) is 0 Å². The molecule has 0 spiro atoms. The highest BCUT2D eigenvalue weighted by Gasteiger charge is 2.45. The van der Waals surface area contributed by atoms with Crippen molar-refractivity contribution < 1.29 is 37.7 Å². The highest BCUT2D eigenvalue weighted by molar-refractivity contribution is 6.31. The molecule has 2 heterocycles. The highest BCUT2D eigenvalue weighted by atomic mass is 35.5. The van der Waals surface area contributed by atoms with Crippen molar-refractivity contribution in [1.82, 2.24) is 0 Å². The van der Waals surface area contributed by atoms with Crippen LogP contribution in [-0.4, -0.2) is 29.0 Å². The van der Waals surface area contributed by atoms with Crippen LogP contribution in [0.2, 0.25) is 5.02 Å². The summed E-state index contributed by atoms with van der Waals surface area (Å²) < 4.78 is 38.6. The normalized spacial score (nSPS) is 15.7. The van der Waals surface area contributed by atoms with E-state index in [1.807, 2.05) is 0 Å².